The summed E-state index contributed by atoms with van der Waals surface area (Å²) in [6.45, 7) is 7.58. The van der Waals surface area contributed by atoms with Gasteiger partial charge in [0.25, 0.3) is 0 Å². The number of likely N-dealkylation sites (N-methyl/N-ethyl adjacent to an activating group) is 1. The van der Waals surface area contributed by atoms with E-state index in [-0.39, 0.29) is 6.04 Å². The highest BCUT2D eigenvalue weighted by molar-refractivity contribution is 5.28. The number of hydrogen-bond donors (Lipinski definition) is 1. The predicted octanol–water partition coefficient (Wildman–Crippen LogP) is 2.34. The van der Waals surface area contributed by atoms with Crippen molar-refractivity contribution >= 4 is 0 Å². The monoisotopic (exact) mass is 301 g/mol. The van der Waals surface area contributed by atoms with Gasteiger partial charge in [-0.1, -0.05) is 19.1 Å². The molecule has 6 heteroatoms. The molecule has 1 saturated heterocycles. The van der Waals surface area contributed by atoms with Gasteiger partial charge in [-0.05, 0) is 24.2 Å². The van der Waals surface area contributed by atoms with Crippen LogP contribution in [0, 0.1) is 0 Å². The fourth-order valence-electron chi connectivity index (χ4n) is 2.62. The number of nitrogens with zero attached hydrogens (tertiary/aromatic N) is 2. The Balaban J connectivity index is 1.96. The third kappa shape index (κ3) is 4.43. The second kappa shape index (κ2) is 6.77. The average Bonchev–Trinajstić information content (AvgIpc) is 2.47. The van der Waals surface area contributed by atoms with Gasteiger partial charge in [0.05, 0.1) is 5.56 Å². The van der Waals surface area contributed by atoms with E-state index in [2.05, 4.69) is 16.7 Å². The van der Waals surface area contributed by atoms with Gasteiger partial charge < -0.3 is 10.6 Å². The number of nitrogens with two attached hydrogens (primary N) is 1. The minimum absolute atomic E-state index is 0.388. The molecule has 0 aliphatic carbocycles. The first-order valence-electron chi connectivity index (χ1n) is 7.27. The SMILES string of the molecule is CCN1CCN(CC(N)c2cccc(C(F)(F)F)c2)CC1. The molecule has 1 fully saturated rings. The molecule has 118 valence electrons. The molecule has 1 aromatic rings. The molecule has 1 aliphatic heterocycles. The van der Waals surface area contributed by atoms with Crippen molar-refractivity contribution in [2.24, 2.45) is 5.73 Å². The van der Waals surface area contributed by atoms with Crippen molar-refractivity contribution < 1.29 is 13.2 Å². The molecule has 21 heavy (non-hydrogen) atoms. The summed E-state index contributed by atoms with van der Waals surface area (Å²) in [6.07, 6.45) is -4.32. The predicted molar refractivity (Wildman–Crippen MR) is 76.9 cm³/mol. The molecule has 1 aliphatic rings. The van der Waals surface area contributed by atoms with E-state index >= 15 is 0 Å². The second-order valence-corrected chi connectivity index (χ2v) is 5.46. The Kier molecular flexibility index (Phi) is 5.24. The van der Waals surface area contributed by atoms with Crippen LogP contribution in [-0.4, -0.2) is 49.1 Å². The van der Waals surface area contributed by atoms with Crippen molar-refractivity contribution in [3.63, 3.8) is 0 Å². The van der Waals surface area contributed by atoms with Crippen LogP contribution in [0.1, 0.15) is 24.1 Å². The number of halogens is 3. The Morgan fingerprint density at radius 2 is 1.76 bits per heavy atom. The maximum absolute atomic E-state index is 12.7. The summed E-state index contributed by atoms with van der Waals surface area (Å²) in [4.78, 5) is 4.57. The van der Waals surface area contributed by atoms with Crippen molar-refractivity contribution in [3.8, 4) is 0 Å². The molecule has 0 radical (unpaired) electrons. The van der Waals surface area contributed by atoms with Gasteiger partial charge in [-0.3, -0.25) is 4.90 Å². The van der Waals surface area contributed by atoms with E-state index in [1.54, 1.807) is 6.07 Å². The normalized spacial score (nSPS) is 19.7. The quantitative estimate of drug-likeness (QED) is 0.926. The van der Waals surface area contributed by atoms with Crippen LogP contribution >= 0.6 is 0 Å². The van der Waals surface area contributed by atoms with E-state index in [9.17, 15) is 13.2 Å². The van der Waals surface area contributed by atoms with Crippen molar-refractivity contribution in [1.29, 1.82) is 0 Å². The zero-order valence-electron chi connectivity index (χ0n) is 12.2. The van der Waals surface area contributed by atoms with Crippen LogP contribution in [0.25, 0.3) is 0 Å². The van der Waals surface area contributed by atoms with Crippen LogP contribution in [0.15, 0.2) is 24.3 Å². The molecule has 1 aromatic carbocycles. The maximum Gasteiger partial charge on any atom is 0.416 e. The number of benzene rings is 1. The van der Waals surface area contributed by atoms with E-state index < -0.39 is 11.7 Å². The first-order valence-corrected chi connectivity index (χ1v) is 7.27. The van der Waals surface area contributed by atoms with E-state index in [0.29, 0.717) is 12.1 Å². The zero-order valence-corrected chi connectivity index (χ0v) is 12.2. The molecule has 0 bridgehead atoms. The van der Waals surface area contributed by atoms with E-state index in [1.165, 1.54) is 6.07 Å². The Bertz CT molecular complexity index is 454. The van der Waals surface area contributed by atoms with Gasteiger partial charge in [-0.15, -0.1) is 0 Å². The maximum atomic E-state index is 12.7. The smallest absolute Gasteiger partial charge is 0.323 e. The summed E-state index contributed by atoms with van der Waals surface area (Å²) in [7, 11) is 0. The summed E-state index contributed by atoms with van der Waals surface area (Å²) in [5.74, 6) is 0. The Morgan fingerprint density at radius 3 is 2.33 bits per heavy atom. The zero-order chi connectivity index (χ0) is 15.5. The van der Waals surface area contributed by atoms with E-state index in [1.807, 2.05) is 0 Å². The molecule has 1 unspecified atom stereocenters. The van der Waals surface area contributed by atoms with Crippen LogP contribution in [-0.2, 0) is 6.18 Å². The van der Waals surface area contributed by atoms with Gasteiger partial charge in [-0.25, -0.2) is 0 Å². The van der Waals surface area contributed by atoms with Gasteiger partial charge in [0.1, 0.15) is 0 Å². The Hall–Kier alpha value is -1.11. The van der Waals surface area contributed by atoms with Crippen molar-refractivity contribution in [3.05, 3.63) is 35.4 Å². The number of hydrogen-bond acceptors (Lipinski definition) is 3. The van der Waals surface area contributed by atoms with Crippen LogP contribution < -0.4 is 5.73 Å². The number of alkyl halides is 3. The summed E-state index contributed by atoms with van der Waals surface area (Å²) < 4.78 is 38.1. The molecule has 0 aromatic heterocycles. The number of rotatable bonds is 4. The minimum Gasteiger partial charge on any atom is -0.323 e. The van der Waals surface area contributed by atoms with Crippen LogP contribution in [0.4, 0.5) is 13.2 Å². The van der Waals surface area contributed by atoms with E-state index in [4.69, 9.17) is 5.73 Å². The molecule has 0 spiro atoms. The molecule has 2 N–H and O–H groups in total. The molecule has 0 amide bonds. The van der Waals surface area contributed by atoms with Gasteiger partial charge in [0, 0.05) is 38.8 Å². The van der Waals surface area contributed by atoms with Gasteiger partial charge >= 0.3 is 6.18 Å². The molecule has 1 atom stereocenters. The van der Waals surface area contributed by atoms with Gasteiger partial charge in [0.2, 0.25) is 0 Å². The minimum atomic E-state index is -4.32. The Morgan fingerprint density at radius 1 is 1.14 bits per heavy atom. The lowest BCUT2D eigenvalue weighted by atomic mass is 10.0. The summed E-state index contributed by atoms with van der Waals surface area (Å²) in [5, 5.41) is 0. The van der Waals surface area contributed by atoms with Crippen molar-refractivity contribution in [2.45, 2.75) is 19.1 Å². The van der Waals surface area contributed by atoms with Crippen molar-refractivity contribution in [1.82, 2.24) is 9.80 Å². The molecule has 0 saturated carbocycles. The Labute approximate surface area is 123 Å². The lowest BCUT2D eigenvalue weighted by molar-refractivity contribution is -0.137. The summed E-state index contributed by atoms with van der Waals surface area (Å²) >= 11 is 0. The number of piperazine rings is 1. The molecular formula is C15H22F3N3. The molecular weight excluding hydrogens is 279 g/mol. The summed E-state index contributed by atoms with van der Waals surface area (Å²) in [6, 6.07) is 4.94. The third-order valence-corrected chi connectivity index (χ3v) is 4.01. The van der Waals surface area contributed by atoms with Gasteiger partial charge in [-0.2, -0.15) is 13.2 Å². The second-order valence-electron chi connectivity index (χ2n) is 5.46. The highest BCUT2D eigenvalue weighted by Crippen LogP contribution is 2.30. The standard InChI is InChI=1S/C15H22F3N3/c1-2-20-6-8-21(9-7-20)11-14(19)12-4-3-5-13(10-12)15(16,17)18/h3-5,10,14H,2,6-9,11,19H2,1H3. The van der Waals surface area contributed by atoms with Crippen LogP contribution in [0.5, 0.6) is 0 Å². The van der Waals surface area contributed by atoms with Crippen LogP contribution in [0.2, 0.25) is 0 Å². The lowest BCUT2D eigenvalue weighted by Crippen LogP contribution is -2.48. The average molecular weight is 301 g/mol. The largest absolute Gasteiger partial charge is 0.416 e. The van der Waals surface area contributed by atoms with Gasteiger partial charge in [0.15, 0.2) is 0 Å². The third-order valence-electron chi connectivity index (χ3n) is 4.01. The molecule has 3 nitrogen and oxygen atoms in total. The fraction of sp³-hybridized carbons (Fsp3) is 0.600. The lowest BCUT2D eigenvalue weighted by Gasteiger charge is -2.35. The molecule has 1 heterocycles. The molecule has 2 rings (SSSR count). The highest BCUT2D eigenvalue weighted by atomic mass is 19.4. The van der Waals surface area contributed by atoms with Crippen molar-refractivity contribution in [2.75, 3.05) is 39.3 Å². The van der Waals surface area contributed by atoms with Crippen LogP contribution in [0.3, 0.4) is 0 Å². The topological polar surface area (TPSA) is 32.5 Å². The first kappa shape index (κ1) is 16.3. The summed E-state index contributed by atoms with van der Waals surface area (Å²) in [5.41, 5.74) is 5.99. The van der Waals surface area contributed by atoms with E-state index in [0.717, 1.165) is 44.9 Å². The highest BCUT2D eigenvalue weighted by Gasteiger charge is 2.31. The first-order chi connectivity index (χ1) is 9.90. The fourth-order valence-corrected chi connectivity index (χ4v) is 2.62.